The lowest BCUT2D eigenvalue weighted by Crippen LogP contribution is -2.47. The second-order valence-corrected chi connectivity index (χ2v) is 7.22. The van der Waals surface area contributed by atoms with Crippen molar-refractivity contribution >= 4 is 24.0 Å². The van der Waals surface area contributed by atoms with Gasteiger partial charge in [0.05, 0.1) is 5.69 Å². The van der Waals surface area contributed by atoms with E-state index in [2.05, 4.69) is 57.8 Å². The Balaban J connectivity index is 1.87. The monoisotopic (exact) mass is 271 g/mol. The molecule has 1 fully saturated rings. The van der Waals surface area contributed by atoms with Crippen LogP contribution >= 0.6 is 0 Å². The zero-order valence-corrected chi connectivity index (χ0v) is 13.0. The molecular weight excluding hydrogens is 249 g/mol. The Labute approximate surface area is 121 Å². The van der Waals surface area contributed by atoms with Crippen LogP contribution in [0, 0.1) is 5.41 Å². The Bertz CT molecular complexity index is 568. The molecule has 0 saturated carbocycles. The second-order valence-electron chi connectivity index (χ2n) is 7.22. The third-order valence-corrected chi connectivity index (χ3v) is 4.41. The third kappa shape index (κ3) is 2.21. The minimum atomic E-state index is -0.245. The van der Waals surface area contributed by atoms with E-state index in [0.717, 1.165) is 30.1 Å². The van der Waals surface area contributed by atoms with Crippen molar-refractivity contribution in [3.63, 3.8) is 0 Å². The molecule has 0 atom stereocenters. The summed E-state index contributed by atoms with van der Waals surface area (Å²) in [6, 6.07) is 6.34. The van der Waals surface area contributed by atoms with Gasteiger partial charge in [0.1, 0.15) is 0 Å². The van der Waals surface area contributed by atoms with E-state index >= 15 is 0 Å². The largest absolute Gasteiger partial charge is 0.493 e. The Hall–Kier alpha value is -1.13. The lowest BCUT2D eigenvalue weighted by Gasteiger charge is -2.33. The maximum absolute atomic E-state index is 5.87. The van der Waals surface area contributed by atoms with E-state index in [0.29, 0.717) is 0 Å². The lowest BCUT2D eigenvalue weighted by atomic mass is 9.72. The number of rotatable bonds is 1. The fraction of sp³-hybridized carbons (Fsp3) is 0.562. The first-order valence-electron chi connectivity index (χ1n) is 7.23. The standard InChI is InChI=1S/C16H22BNO2/c1-11-16(4,5)13-8-12(6-7-14(13)18-11)17-19-9-15(2,3)10-20-17/h6-8H,9-10H2,1-5H3. The highest BCUT2D eigenvalue weighted by Crippen LogP contribution is 2.39. The van der Waals surface area contributed by atoms with Gasteiger partial charge < -0.3 is 9.31 Å². The molecule has 1 saturated heterocycles. The molecule has 1 aromatic carbocycles. The van der Waals surface area contributed by atoms with E-state index in [9.17, 15) is 0 Å². The SMILES string of the molecule is CC1=Nc2ccc(B3OCC(C)(C)CO3)cc2C1(C)C. The molecule has 0 spiro atoms. The molecule has 2 heterocycles. The van der Waals surface area contributed by atoms with Gasteiger partial charge in [-0.15, -0.1) is 0 Å². The summed E-state index contributed by atoms with van der Waals surface area (Å²) in [7, 11) is -0.245. The van der Waals surface area contributed by atoms with Crippen LogP contribution in [0.15, 0.2) is 23.2 Å². The zero-order valence-electron chi connectivity index (χ0n) is 13.0. The van der Waals surface area contributed by atoms with Crippen molar-refractivity contribution in [2.45, 2.75) is 40.0 Å². The maximum Gasteiger partial charge on any atom is 0.493 e. The van der Waals surface area contributed by atoms with Crippen LogP contribution in [0.4, 0.5) is 5.69 Å². The summed E-state index contributed by atoms with van der Waals surface area (Å²) in [6.07, 6.45) is 0. The Morgan fingerprint density at radius 3 is 2.40 bits per heavy atom. The highest BCUT2D eigenvalue weighted by Gasteiger charge is 2.36. The van der Waals surface area contributed by atoms with Gasteiger partial charge in [-0.2, -0.15) is 0 Å². The number of fused-ring (bicyclic) bond motifs is 1. The van der Waals surface area contributed by atoms with Crippen molar-refractivity contribution in [3.8, 4) is 0 Å². The van der Waals surface area contributed by atoms with Crippen molar-refractivity contribution in [2.24, 2.45) is 10.4 Å². The Kier molecular flexibility index (Phi) is 3.07. The van der Waals surface area contributed by atoms with Crippen LogP contribution in [0.2, 0.25) is 0 Å². The molecule has 0 bridgehead atoms. The molecule has 3 nitrogen and oxygen atoms in total. The van der Waals surface area contributed by atoms with Gasteiger partial charge in [0.2, 0.25) is 0 Å². The molecule has 1 aromatic rings. The van der Waals surface area contributed by atoms with Crippen LogP contribution in [-0.2, 0) is 14.7 Å². The molecule has 4 heteroatoms. The van der Waals surface area contributed by atoms with E-state index in [1.807, 2.05) is 0 Å². The van der Waals surface area contributed by atoms with Crippen molar-refractivity contribution in [1.29, 1.82) is 0 Å². The molecule has 0 aromatic heterocycles. The Morgan fingerprint density at radius 1 is 1.10 bits per heavy atom. The zero-order chi connectivity index (χ0) is 14.5. The molecule has 0 unspecified atom stereocenters. The van der Waals surface area contributed by atoms with Crippen molar-refractivity contribution in [3.05, 3.63) is 23.8 Å². The molecular formula is C16H22BNO2. The third-order valence-electron chi connectivity index (χ3n) is 4.41. The van der Waals surface area contributed by atoms with E-state index in [4.69, 9.17) is 9.31 Å². The Morgan fingerprint density at radius 2 is 1.75 bits per heavy atom. The van der Waals surface area contributed by atoms with Gasteiger partial charge in [-0.05, 0) is 24.0 Å². The fourth-order valence-corrected chi connectivity index (χ4v) is 2.70. The molecule has 0 N–H and O–H groups in total. The maximum atomic E-state index is 5.87. The number of hydrogen-bond donors (Lipinski definition) is 0. The van der Waals surface area contributed by atoms with Gasteiger partial charge in [-0.25, -0.2) is 0 Å². The van der Waals surface area contributed by atoms with Crippen molar-refractivity contribution in [2.75, 3.05) is 13.2 Å². The first-order chi connectivity index (χ1) is 9.29. The second kappa shape index (κ2) is 4.44. The summed E-state index contributed by atoms with van der Waals surface area (Å²) in [4.78, 5) is 4.65. The predicted octanol–water partition coefficient (Wildman–Crippen LogP) is 2.84. The topological polar surface area (TPSA) is 30.8 Å². The summed E-state index contributed by atoms with van der Waals surface area (Å²) < 4.78 is 11.7. The minimum Gasteiger partial charge on any atom is -0.407 e. The average Bonchev–Trinajstić information content (AvgIpc) is 2.60. The van der Waals surface area contributed by atoms with E-state index in [1.54, 1.807) is 0 Å². The molecule has 2 aliphatic heterocycles. The molecule has 0 radical (unpaired) electrons. The van der Waals surface area contributed by atoms with Crippen LogP contribution < -0.4 is 5.46 Å². The summed E-state index contributed by atoms with van der Waals surface area (Å²) >= 11 is 0. The average molecular weight is 271 g/mol. The summed E-state index contributed by atoms with van der Waals surface area (Å²) in [5, 5.41) is 0. The normalized spacial score (nSPS) is 23.4. The van der Waals surface area contributed by atoms with Crippen molar-refractivity contribution in [1.82, 2.24) is 0 Å². The van der Waals surface area contributed by atoms with Crippen LogP contribution in [0.1, 0.15) is 40.2 Å². The van der Waals surface area contributed by atoms with E-state index < -0.39 is 0 Å². The van der Waals surface area contributed by atoms with Crippen LogP contribution in [0.5, 0.6) is 0 Å². The summed E-state index contributed by atoms with van der Waals surface area (Å²) in [6.45, 7) is 12.3. The highest BCUT2D eigenvalue weighted by molar-refractivity contribution is 6.61. The van der Waals surface area contributed by atoms with E-state index in [1.165, 1.54) is 5.56 Å². The smallest absolute Gasteiger partial charge is 0.407 e. The quantitative estimate of drug-likeness (QED) is 0.735. The van der Waals surface area contributed by atoms with Crippen LogP contribution in [0.3, 0.4) is 0 Å². The molecule has 2 aliphatic rings. The first kappa shape index (κ1) is 13.8. The van der Waals surface area contributed by atoms with Gasteiger partial charge in [-0.3, -0.25) is 4.99 Å². The predicted molar refractivity (Wildman–Crippen MR) is 83.3 cm³/mol. The van der Waals surface area contributed by atoms with Gasteiger partial charge in [0.15, 0.2) is 0 Å². The van der Waals surface area contributed by atoms with Crippen LogP contribution in [-0.4, -0.2) is 26.0 Å². The lowest BCUT2D eigenvalue weighted by molar-refractivity contribution is 0.0343. The molecule has 20 heavy (non-hydrogen) atoms. The van der Waals surface area contributed by atoms with E-state index in [-0.39, 0.29) is 17.9 Å². The minimum absolute atomic E-state index is 0.000713. The number of aliphatic imine (C=N–C) groups is 1. The van der Waals surface area contributed by atoms with Crippen molar-refractivity contribution < 1.29 is 9.31 Å². The molecule has 106 valence electrons. The first-order valence-corrected chi connectivity index (χ1v) is 7.23. The highest BCUT2D eigenvalue weighted by atomic mass is 16.6. The van der Waals surface area contributed by atoms with Gasteiger partial charge in [0, 0.05) is 29.8 Å². The van der Waals surface area contributed by atoms with Crippen LogP contribution in [0.25, 0.3) is 0 Å². The number of nitrogens with zero attached hydrogens (tertiary/aromatic N) is 1. The number of benzene rings is 1. The summed E-state index contributed by atoms with van der Waals surface area (Å²) in [5.41, 5.74) is 4.70. The molecule has 3 rings (SSSR count). The van der Waals surface area contributed by atoms with Gasteiger partial charge in [0.25, 0.3) is 0 Å². The van der Waals surface area contributed by atoms with Gasteiger partial charge in [-0.1, -0.05) is 39.8 Å². The number of hydrogen-bond acceptors (Lipinski definition) is 3. The molecule has 0 amide bonds. The molecule has 0 aliphatic carbocycles. The van der Waals surface area contributed by atoms with Gasteiger partial charge >= 0.3 is 7.12 Å². The fourth-order valence-electron chi connectivity index (χ4n) is 2.70. The summed E-state index contributed by atoms with van der Waals surface area (Å²) in [5.74, 6) is 0.